The maximum Gasteiger partial charge on any atom is 0.421 e. The molecule has 27 heavy (non-hydrogen) atoms. The highest BCUT2D eigenvalue weighted by atomic mass is 32.2. The van der Waals surface area contributed by atoms with Crippen molar-refractivity contribution >= 4 is 11.8 Å². The minimum Gasteiger partial charge on any atom is -0.379 e. The molecule has 4 nitrogen and oxygen atoms in total. The molecule has 2 fully saturated rings. The van der Waals surface area contributed by atoms with Crippen LogP contribution in [0.3, 0.4) is 0 Å². The molecule has 0 amide bonds. The third-order valence-corrected chi connectivity index (χ3v) is 6.09. The van der Waals surface area contributed by atoms with E-state index in [1.807, 2.05) is 0 Å². The summed E-state index contributed by atoms with van der Waals surface area (Å²) in [5.74, 6) is 0.651. The molecule has 4 rings (SSSR count). The fourth-order valence-corrected chi connectivity index (χ4v) is 4.61. The van der Waals surface area contributed by atoms with E-state index in [0.29, 0.717) is 24.6 Å². The lowest BCUT2D eigenvalue weighted by Gasteiger charge is -2.28. The number of aromatic nitrogens is 3. The number of nitrogens with zero attached hydrogens (tertiary/aromatic N) is 3. The van der Waals surface area contributed by atoms with Gasteiger partial charge in [0.15, 0.2) is 0 Å². The van der Waals surface area contributed by atoms with Gasteiger partial charge in [-0.2, -0.15) is 13.2 Å². The monoisotopic (exact) mass is 395 g/mol. The summed E-state index contributed by atoms with van der Waals surface area (Å²) >= 11 is 1.15. The second-order valence-electron chi connectivity index (χ2n) is 6.96. The molecule has 8 heteroatoms. The lowest BCUT2D eigenvalue weighted by atomic mass is 9.88. The summed E-state index contributed by atoms with van der Waals surface area (Å²) < 4.78 is 47.1. The molecule has 2 aliphatic rings. The molecule has 1 saturated heterocycles. The number of alkyl halides is 3. The number of rotatable bonds is 4. The molecule has 1 saturated carbocycles. The van der Waals surface area contributed by atoms with E-state index in [1.165, 1.54) is 6.20 Å². The topological polar surface area (TPSA) is 47.9 Å². The molecule has 1 aliphatic carbocycles. The van der Waals surface area contributed by atoms with Crippen LogP contribution in [0.5, 0.6) is 0 Å². The summed E-state index contributed by atoms with van der Waals surface area (Å²) in [5, 5.41) is 0.0205. The predicted molar refractivity (Wildman–Crippen MR) is 96.6 cm³/mol. The van der Waals surface area contributed by atoms with E-state index in [0.717, 1.165) is 43.9 Å². The van der Waals surface area contributed by atoms with Crippen molar-refractivity contribution < 1.29 is 17.9 Å². The van der Waals surface area contributed by atoms with E-state index in [9.17, 15) is 13.2 Å². The van der Waals surface area contributed by atoms with Crippen LogP contribution >= 0.6 is 11.8 Å². The number of halogens is 3. The van der Waals surface area contributed by atoms with Crippen molar-refractivity contribution in [3.05, 3.63) is 35.9 Å². The summed E-state index contributed by atoms with van der Waals surface area (Å²) in [6, 6.07) is 3.25. The van der Waals surface area contributed by atoms with Gasteiger partial charge in [0.05, 0.1) is 24.2 Å². The van der Waals surface area contributed by atoms with Crippen LogP contribution in [-0.2, 0) is 10.9 Å². The Morgan fingerprint density at radius 1 is 1.07 bits per heavy atom. The van der Waals surface area contributed by atoms with Crippen LogP contribution in [0.25, 0.3) is 11.3 Å². The van der Waals surface area contributed by atoms with Crippen molar-refractivity contribution in [2.45, 2.75) is 54.5 Å². The van der Waals surface area contributed by atoms with Crippen LogP contribution in [0.15, 0.2) is 29.6 Å². The van der Waals surface area contributed by atoms with Gasteiger partial charge in [-0.05, 0) is 25.0 Å². The number of hydrogen-bond donors (Lipinski definition) is 0. The average molecular weight is 395 g/mol. The van der Waals surface area contributed by atoms with Crippen LogP contribution in [-0.4, -0.2) is 33.4 Å². The van der Waals surface area contributed by atoms with Crippen molar-refractivity contribution in [3.63, 3.8) is 0 Å². The van der Waals surface area contributed by atoms with Crippen LogP contribution in [0, 0.1) is 0 Å². The molecule has 144 valence electrons. The maximum absolute atomic E-state index is 14.0. The Labute approximate surface area is 160 Å². The lowest BCUT2D eigenvalue weighted by Crippen LogP contribution is -2.31. The normalized spacial score (nSPS) is 19.1. The molecule has 0 spiro atoms. The number of hydrogen-bond acceptors (Lipinski definition) is 5. The van der Waals surface area contributed by atoms with Crippen molar-refractivity contribution in [2.24, 2.45) is 0 Å². The van der Waals surface area contributed by atoms with E-state index in [2.05, 4.69) is 15.0 Å². The molecular formula is C19H20F3N3OS. The molecule has 0 unspecified atom stereocenters. The first kappa shape index (κ1) is 18.7. The van der Waals surface area contributed by atoms with Crippen LogP contribution < -0.4 is 0 Å². The standard InChI is InChI=1S/C19H20F3N3OS/c20-19(21,22)15-16(13-7-4-8-23-9-13)24-17(12-5-2-1-3-6-12)25-18(15)27-14-10-26-11-14/h4,7-9,12,14H,1-3,5-6,10-11H2. The quantitative estimate of drug-likeness (QED) is 0.675. The van der Waals surface area contributed by atoms with Gasteiger partial charge in [-0.25, -0.2) is 9.97 Å². The Morgan fingerprint density at radius 2 is 1.85 bits per heavy atom. The average Bonchev–Trinajstić information content (AvgIpc) is 2.64. The highest BCUT2D eigenvalue weighted by Gasteiger charge is 2.41. The summed E-state index contributed by atoms with van der Waals surface area (Å²) in [4.78, 5) is 12.8. The number of thioether (sulfide) groups is 1. The Hall–Kier alpha value is -1.67. The van der Waals surface area contributed by atoms with Gasteiger partial charge in [0, 0.05) is 23.9 Å². The first-order chi connectivity index (χ1) is 13.0. The van der Waals surface area contributed by atoms with E-state index in [1.54, 1.807) is 18.3 Å². The molecule has 0 aromatic carbocycles. The number of pyridine rings is 1. The van der Waals surface area contributed by atoms with Crippen molar-refractivity contribution in [1.29, 1.82) is 0 Å². The maximum atomic E-state index is 14.0. The molecule has 0 N–H and O–H groups in total. The summed E-state index contributed by atoms with van der Waals surface area (Å²) in [5.41, 5.74) is -0.447. The van der Waals surface area contributed by atoms with E-state index in [4.69, 9.17) is 4.74 Å². The van der Waals surface area contributed by atoms with Gasteiger partial charge >= 0.3 is 6.18 Å². The van der Waals surface area contributed by atoms with Gasteiger partial charge in [0.2, 0.25) is 0 Å². The summed E-state index contributed by atoms with van der Waals surface area (Å²) in [7, 11) is 0. The van der Waals surface area contributed by atoms with E-state index in [-0.39, 0.29) is 21.9 Å². The van der Waals surface area contributed by atoms with Gasteiger partial charge in [-0.3, -0.25) is 4.98 Å². The van der Waals surface area contributed by atoms with Crippen molar-refractivity contribution in [3.8, 4) is 11.3 Å². The Morgan fingerprint density at radius 3 is 2.44 bits per heavy atom. The van der Waals surface area contributed by atoms with Gasteiger partial charge in [-0.15, -0.1) is 0 Å². The second-order valence-corrected chi connectivity index (χ2v) is 8.25. The third kappa shape index (κ3) is 4.11. The minimum atomic E-state index is -4.54. The zero-order valence-electron chi connectivity index (χ0n) is 14.7. The second kappa shape index (κ2) is 7.75. The molecule has 2 aromatic rings. The Balaban J connectivity index is 1.85. The van der Waals surface area contributed by atoms with Crippen LogP contribution in [0.2, 0.25) is 0 Å². The molecule has 1 aliphatic heterocycles. The smallest absolute Gasteiger partial charge is 0.379 e. The fourth-order valence-electron chi connectivity index (χ4n) is 3.49. The molecule has 0 atom stereocenters. The Bertz CT molecular complexity index is 791. The largest absolute Gasteiger partial charge is 0.421 e. The van der Waals surface area contributed by atoms with Gasteiger partial charge in [-0.1, -0.05) is 31.0 Å². The highest BCUT2D eigenvalue weighted by Crippen LogP contribution is 2.44. The summed E-state index contributed by atoms with van der Waals surface area (Å²) in [6.07, 6.45) is 3.58. The first-order valence-corrected chi connectivity index (χ1v) is 10.0. The first-order valence-electron chi connectivity index (χ1n) is 9.16. The van der Waals surface area contributed by atoms with Crippen molar-refractivity contribution in [1.82, 2.24) is 15.0 Å². The van der Waals surface area contributed by atoms with Crippen LogP contribution in [0.4, 0.5) is 13.2 Å². The van der Waals surface area contributed by atoms with Gasteiger partial charge in [0.1, 0.15) is 16.4 Å². The van der Waals surface area contributed by atoms with E-state index >= 15 is 0 Å². The molecule has 0 radical (unpaired) electrons. The zero-order valence-corrected chi connectivity index (χ0v) is 15.5. The molecular weight excluding hydrogens is 375 g/mol. The number of ether oxygens (including phenoxy) is 1. The summed E-state index contributed by atoms with van der Waals surface area (Å²) in [6.45, 7) is 0.903. The highest BCUT2D eigenvalue weighted by molar-refractivity contribution is 8.00. The Kier molecular flexibility index (Phi) is 5.36. The molecule has 0 bridgehead atoms. The fraction of sp³-hybridized carbons (Fsp3) is 0.526. The molecule has 3 heterocycles. The van der Waals surface area contributed by atoms with Gasteiger partial charge in [0.25, 0.3) is 0 Å². The predicted octanol–water partition coefficient (Wildman–Crippen LogP) is 5.10. The zero-order chi connectivity index (χ0) is 18.9. The third-order valence-electron chi connectivity index (χ3n) is 4.97. The molecule has 2 aromatic heterocycles. The van der Waals surface area contributed by atoms with Gasteiger partial charge < -0.3 is 4.74 Å². The van der Waals surface area contributed by atoms with Crippen LogP contribution in [0.1, 0.15) is 49.4 Å². The lowest BCUT2D eigenvalue weighted by molar-refractivity contribution is -0.139. The van der Waals surface area contributed by atoms with Crippen molar-refractivity contribution in [2.75, 3.05) is 13.2 Å². The minimum absolute atomic E-state index is 0.00181. The van der Waals surface area contributed by atoms with E-state index < -0.39 is 11.7 Å². The SMILES string of the molecule is FC(F)(F)c1c(SC2COC2)nc(C2CCCCC2)nc1-c1cccnc1.